The number of fused-ring (bicyclic) bond motifs is 2. The van der Waals surface area contributed by atoms with E-state index in [9.17, 15) is 9.59 Å². The van der Waals surface area contributed by atoms with Gasteiger partial charge in [-0.3, -0.25) is 4.79 Å². The van der Waals surface area contributed by atoms with Crippen LogP contribution in [0, 0.1) is 17.8 Å². The van der Waals surface area contributed by atoms with Crippen molar-refractivity contribution in [2.24, 2.45) is 17.8 Å². The molecule has 2 fully saturated rings. The lowest BCUT2D eigenvalue weighted by molar-refractivity contribution is 0.0942. The third-order valence-corrected chi connectivity index (χ3v) is 5.47. The Hall–Kier alpha value is -1.85. The molecule has 1 aromatic heterocycles. The summed E-state index contributed by atoms with van der Waals surface area (Å²) in [6, 6.07) is 1.44. The van der Waals surface area contributed by atoms with E-state index in [1.807, 2.05) is 0 Å². The number of carbonyl (C=O) groups is 1. The first-order chi connectivity index (χ1) is 11.6. The zero-order chi connectivity index (χ0) is 16.9. The first kappa shape index (κ1) is 17.0. The zero-order valence-electron chi connectivity index (χ0n) is 14.3. The van der Waals surface area contributed by atoms with E-state index in [1.165, 1.54) is 58.1 Å². The monoisotopic (exact) mass is 333 g/mol. The van der Waals surface area contributed by atoms with Gasteiger partial charge in [0, 0.05) is 12.6 Å². The van der Waals surface area contributed by atoms with Crippen molar-refractivity contribution in [1.82, 2.24) is 15.3 Å². The number of ether oxygens (including phenoxy) is 1. The minimum atomic E-state index is -0.576. The maximum absolute atomic E-state index is 12.1. The highest BCUT2D eigenvalue weighted by molar-refractivity contribution is 5.92. The van der Waals surface area contributed by atoms with E-state index < -0.39 is 5.69 Å². The van der Waals surface area contributed by atoms with Crippen molar-refractivity contribution in [3.05, 3.63) is 22.2 Å². The van der Waals surface area contributed by atoms with Crippen molar-refractivity contribution in [3.8, 4) is 5.88 Å². The summed E-state index contributed by atoms with van der Waals surface area (Å²) in [4.78, 5) is 29.5. The molecule has 0 saturated heterocycles. The fourth-order valence-corrected chi connectivity index (χ4v) is 4.46. The summed E-state index contributed by atoms with van der Waals surface area (Å²) in [5.41, 5.74) is -0.382. The van der Waals surface area contributed by atoms with E-state index in [4.69, 9.17) is 4.74 Å². The lowest BCUT2D eigenvalue weighted by atomic mass is 9.67. The number of carbonyl (C=O) groups excluding carboxylic acids is 1. The average Bonchev–Trinajstić information content (AvgIpc) is 2.57. The van der Waals surface area contributed by atoms with E-state index in [1.54, 1.807) is 0 Å². The molecule has 0 radical (unpaired) electrons. The second-order valence-electron chi connectivity index (χ2n) is 7.28. The van der Waals surface area contributed by atoms with Gasteiger partial charge in [-0.25, -0.2) is 4.79 Å². The normalized spacial score (nSPS) is 26.0. The van der Waals surface area contributed by atoms with Crippen LogP contribution < -0.4 is 15.7 Å². The molecule has 2 saturated carbocycles. The number of methoxy groups -OCH3 is 1. The zero-order valence-corrected chi connectivity index (χ0v) is 14.3. The van der Waals surface area contributed by atoms with Crippen LogP contribution in [0.25, 0.3) is 0 Å². The first-order valence-electron chi connectivity index (χ1n) is 9.07. The van der Waals surface area contributed by atoms with Crippen molar-refractivity contribution >= 4 is 5.91 Å². The standard InChI is InChI=1S/C18H27N3O3/c1-24-16-11-15(20-18(23)21-16)17(22)19-7-3-6-14-9-12-4-2-5-13(8-12)10-14/h11-14H,2-10H2,1H3,(H,19,22)(H,20,21,23). The number of aromatic amines is 1. The Bertz CT molecular complexity index is 616. The molecule has 0 aliphatic heterocycles. The topological polar surface area (TPSA) is 84.1 Å². The molecule has 132 valence electrons. The molecule has 24 heavy (non-hydrogen) atoms. The van der Waals surface area contributed by atoms with E-state index in [0.717, 1.165) is 24.2 Å². The highest BCUT2D eigenvalue weighted by Gasteiger charge is 2.31. The molecule has 2 bridgehead atoms. The number of nitrogens with one attached hydrogen (secondary N) is 2. The molecule has 2 N–H and O–H groups in total. The third-order valence-electron chi connectivity index (χ3n) is 5.47. The quantitative estimate of drug-likeness (QED) is 0.784. The number of rotatable bonds is 6. The van der Waals surface area contributed by atoms with Crippen LogP contribution in [0.5, 0.6) is 5.88 Å². The SMILES string of the molecule is COc1cc(C(=O)NCCCC2CC3CCCC(C2)C3)[nH]c(=O)n1. The molecule has 0 aromatic carbocycles. The van der Waals surface area contributed by atoms with Gasteiger partial charge in [0.05, 0.1) is 7.11 Å². The van der Waals surface area contributed by atoms with Gasteiger partial charge in [0.15, 0.2) is 0 Å². The lowest BCUT2D eigenvalue weighted by Crippen LogP contribution is -2.29. The van der Waals surface area contributed by atoms with E-state index in [0.29, 0.717) is 6.54 Å². The summed E-state index contributed by atoms with van der Waals surface area (Å²) in [5, 5.41) is 2.88. The molecule has 6 heteroatoms. The van der Waals surface area contributed by atoms with Crippen molar-refractivity contribution in [2.75, 3.05) is 13.7 Å². The predicted molar refractivity (Wildman–Crippen MR) is 91.1 cm³/mol. The summed E-state index contributed by atoms with van der Waals surface area (Å²) in [7, 11) is 1.42. The van der Waals surface area contributed by atoms with E-state index >= 15 is 0 Å². The van der Waals surface area contributed by atoms with Crippen molar-refractivity contribution in [3.63, 3.8) is 0 Å². The van der Waals surface area contributed by atoms with Crippen LogP contribution >= 0.6 is 0 Å². The third kappa shape index (κ3) is 4.36. The maximum Gasteiger partial charge on any atom is 0.348 e. The highest BCUT2D eigenvalue weighted by atomic mass is 16.5. The summed E-state index contributed by atoms with van der Waals surface area (Å²) in [5.74, 6) is 2.59. The van der Waals surface area contributed by atoms with Gasteiger partial charge in [0.25, 0.3) is 5.91 Å². The van der Waals surface area contributed by atoms with Crippen LogP contribution in [0.4, 0.5) is 0 Å². The Morgan fingerprint density at radius 2 is 2.08 bits per heavy atom. The van der Waals surface area contributed by atoms with E-state index in [2.05, 4.69) is 15.3 Å². The Kier molecular flexibility index (Phi) is 5.53. The summed E-state index contributed by atoms with van der Waals surface area (Å²) < 4.78 is 4.92. The van der Waals surface area contributed by atoms with Crippen LogP contribution in [-0.4, -0.2) is 29.5 Å². The summed E-state index contributed by atoms with van der Waals surface area (Å²) in [6.07, 6.45) is 10.6. The number of H-pyrrole nitrogens is 1. The van der Waals surface area contributed by atoms with Crippen LogP contribution in [0.3, 0.4) is 0 Å². The highest BCUT2D eigenvalue weighted by Crippen LogP contribution is 2.43. The van der Waals surface area contributed by atoms with Gasteiger partial charge < -0.3 is 15.0 Å². The molecule has 2 aliphatic carbocycles. The number of nitrogens with zero attached hydrogens (tertiary/aromatic N) is 1. The van der Waals surface area contributed by atoms with Gasteiger partial charge in [0.2, 0.25) is 5.88 Å². The molecule has 1 aromatic rings. The van der Waals surface area contributed by atoms with Crippen LogP contribution in [0.15, 0.2) is 10.9 Å². The molecule has 2 atom stereocenters. The first-order valence-corrected chi connectivity index (χ1v) is 9.07. The maximum atomic E-state index is 12.1. The Morgan fingerprint density at radius 3 is 2.79 bits per heavy atom. The average molecular weight is 333 g/mol. The second kappa shape index (κ2) is 7.81. The van der Waals surface area contributed by atoms with Crippen LogP contribution in [-0.2, 0) is 0 Å². The van der Waals surface area contributed by atoms with Crippen molar-refractivity contribution in [2.45, 2.75) is 51.4 Å². The molecular weight excluding hydrogens is 306 g/mol. The Balaban J connectivity index is 1.42. The summed E-state index contributed by atoms with van der Waals surface area (Å²) >= 11 is 0. The Morgan fingerprint density at radius 1 is 1.33 bits per heavy atom. The van der Waals surface area contributed by atoms with Gasteiger partial charge in [0.1, 0.15) is 5.69 Å². The molecule has 1 heterocycles. The summed E-state index contributed by atoms with van der Waals surface area (Å²) in [6.45, 7) is 0.636. The largest absolute Gasteiger partial charge is 0.481 e. The molecule has 2 aliphatic rings. The van der Waals surface area contributed by atoms with Crippen molar-refractivity contribution in [1.29, 1.82) is 0 Å². The van der Waals surface area contributed by atoms with Gasteiger partial charge >= 0.3 is 5.69 Å². The number of hydrogen-bond donors (Lipinski definition) is 2. The molecule has 1 amide bonds. The minimum absolute atomic E-state index is 0.151. The molecule has 0 spiro atoms. The molecular formula is C18H27N3O3. The van der Waals surface area contributed by atoms with Gasteiger partial charge in [-0.15, -0.1) is 0 Å². The van der Waals surface area contributed by atoms with Gasteiger partial charge in [-0.05, 0) is 49.9 Å². The molecule has 6 nitrogen and oxygen atoms in total. The molecule has 2 unspecified atom stereocenters. The van der Waals surface area contributed by atoms with Gasteiger partial charge in [-0.2, -0.15) is 4.98 Å². The van der Waals surface area contributed by atoms with E-state index in [-0.39, 0.29) is 17.5 Å². The number of amides is 1. The fraction of sp³-hybridized carbons (Fsp3) is 0.722. The van der Waals surface area contributed by atoms with Crippen LogP contribution in [0.2, 0.25) is 0 Å². The lowest BCUT2D eigenvalue weighted by Gasteiger charge is -2.39. The Labute approximate surface area is 142 Å². The predicted octanol–water partition coefficient (Wildman–Crippen LogP) is 2.50. The van der Waals surface area contributed by atoms with Crippen LogP contribution in [0.1, 0.15) is 61.9 Å². The smallest absolute Gasteiger partial charge is 0.348 e. The van der Waals surface area contributed by atoms with Gasteiger partial charge in [-0.1, -0.05) is 19.3 Å². The second-order valence-corrected chi connectivity index (χ2v) is 7.28. The number of aromatic nitrogens is 2. The fourth-order valence-electron chi connectivity index (χ4n) is 4.46. The molecule has 3 rings (SSSR count). The minimum Gasteiger partial charge on any atom is -0.481 e. The number of hydrogen-bond acceptors (Lipinski definition) is 4. The van der Waals surface area contributed by atoms with Crippen molar-refractivity contribution < 1.29 is 9.53 Å².